The van der Waals surface area contributed by atoms with E-state index in [1.54, 1.807) is 6.07 Å². The molecule has 0 spiro atoms. The molecule has 0 radical (unpaired) electrons. The molecular weight excluding hydrogens is 434 g/mol. The van der Waals surface area contributed by atoms with Crippen LogP contribution in [0.25, 0.3) is 0 Å². The topological polar surface area (TPSA) is 131 Å². The van der Waals surface area contributed by atoms with Crippen LogP contribution < -0.4 is 15.5 Å². The Labute approximate surface area is 181 Å². The molecule has 0 aromatic heterocycles. The Morgan fingerprint density at radius 1 is 1.07 bits per heavy atom. The number of amides is 1. The summed E-state index contributed by atoms with van der Waals surface area (Å²) in [4.78, 5) is 35.7. The van der Waals surface area contributed by atoms with Crippen molar-refractivity contribution >= 4 is 57.6 Å². The van der Waals surface area contributed by atoms with E-state index in [0.717, 1.165) is 25.9 Å². The van der Waals surface area contributed by atoms with Crippen LogP contribution in [0.5, 0.6) is 0 Å². The lowest BCUT2D eigenvalue weighted by Crippen LogP contribution is -2.34. The second kappa shape index (κ2) is 9.01. The molecule has 1 heterocycles. The number of benzene rings is 2. The summed E-state index contributed by atoms with van der Waals surface area (Å²) in [7, 11) is 0. The summed E-state index contributed by atoms with van der Waals surface area (Å²) < 4.78 is 0. The highest BCUT2D eigenvalue weighted by atomic mass is 35.5. The number of halogens is 1. The lowest BCUT2D eigenvalue weighted by Gasteiger charge is -2.18. The van der Waals surface area contributed by atoms with Crippen molar-refractivity contribution in [2.24, 2.45) is 0 Å². The molecular formula is C18H16ClN5O5S. The van der Waals surface area contributed by atoms with Gasteiger partial charge in [-0.05, 0) is 43.3 Å². The van der Waals surface area contributed by atoms with E-state index in [9.17, 15) is 25.0 Å². The minimum atomic E-state index is -0.662. The Morgan fingerprint density at radius 2 is 1.77 bits per heavy atom. The third-order valence-corrected chi connectivity index (χ3v) is 5.05. The average Bonchev–Trinajstić information content (AvgIpc) is 3.23. The first-order valence-electron chi connectivity index (χ1n) is 8.86. The van der Waals surface area contributed by atoms with Crippen LogP contribution in [0.4, 0.5) is 22.7 Å². The maximum Gasteiger partial charge on any atom is 0.293 e. The fraction of sp³-hybridized carbons (Fsp3) is 0.222. The number of nitrogens with zero attached hydrogens (tertiary/aromatic N) is 3. The summed E-state index contributed by atoms with van der Waals surface area (Å²) in [6.45, 7) is 1.45. The highest BCUT2D eigenvalue weighted by molar-refractivity contribution is 7.80. The molecule has 10 nitrogen and oxygen atoms in total. The highest BCUT2D eigenvalue weighted by Gasteiger charge is 2.24. The number of carbonyl (C=O) groups is 1. The highest BCUT2D eigenvalue weighted by Crippen LogP contribution is 2.32. The van der Waals surface area contributed by atoms with Gasteiger partial charge in [0.15, 0.2) is 5.11 Å². The van der Waals surface area contributed by atoms with Gasteiger partial charge in [-0.2, -0.15) is 0 Å². The van der Waals surface area contributed by atoms with Gasteiger partial charge in [-0.15, -0.1) is 0 Å². The molecule has 3 rings (SSSR count). The molecule has 0 atom stereocenters. The van der Waals surface area contributed by atoms with E-state index < -0.39 is 15.8 Å². The molecule has 1 saturated heterocycles. The van der Waals surface area contributed by atoms with Crippen LogP contribution in [0, 0.1) is 20.2 Å². The zero-order valence-electron chi connectivity index (χ0n) is 15.5. The number of carbonyl (C=O) groups excluding carboxylic acids is 1. The smallest absolute Gasteiger partial charge is 0.293 e. The van der Waals surface area contributed by atoms with Crippen LogP contribution in [0.1, 0.15) is 23.2 Å². The largest absolute Gasteiger partial charge is 0.366 e. The molecule has 1 amide bonds. The first-order valence-corrected chi connectivity index (χ1v) is 9.64. The molecule has 1 aliphatic heterocycles. The van der Waals surface area contributed by atoms with Crippen LogP contribution in [0.2, 0.25) is 5.02 Å². The number of hydrogen-bond donors (Lipinski definition) is 2. The van der Waals surface area contributed by atoms with Crippen molar-refractivity contribution < 1.29 is 14.6 Å². The Hall–Kier alpha value is -3.31. The van der Waals surface area contributed by atoms with Gasteiger partial charge < -0.3 is 10.2 Å². The van der Waals surface area contributed by atoms with Crippen LogP contribution >= 0.6 is 23.8 Å². The first kappa shape index (κ1) is 21.4. The monoisotopic (exact) mass is 449 g/mol. The van der Waals surface area contributed by atoms with Gasteiger partial charge in [0.25, 0.3) is 17.3 Å². The number of anilines is 2. The molecule has 12 heteroatoms. The molecule has 2 N–H and O–H groups in total. The molecule has 0 saturated carbocycles. The number of rotatable bonds is 5. The summed E-state index contributed by atoms with van der Waals surface area (Å²) in [5.74, 6) is -0.662. The minimum Gasteiger partial charge on any atom is -0.366 e. The number of hydrogen-bond acceptors (Lipinski definition) is 7. The van der Waals surface area contributed by atoms with E-state index in [1.807, 2.05) is 4.90 Å². The third kappa shape index (κ3) is 4.81. The zero-order valence-corrected chi connectivity index (χ0v) is 17.0. The molecule has 30 heavy (non-hydrogen) atoms. The first-order chi connectivity index (χ1) is 14.3. The summed E-state index contributed by atoms with van der Waals surface area (Å²) in [6.07, 6.45) is 1.92. The van der Waals surface area contributed by atoms with Gasteiger partial charge in [-0.25, -0.2) is 0 Å². The number of nitrogens with one attached hydrogen (secondary N) is 2. The van der Waals surface area contributed by atoms with Crippen LogP contribution in [-0.2, 0) is 0 Å². The maximum atomic E-state index is 12.5. The van der Waals surface area contributed by atoms with Crippen molar-refractivity contribution in [3.05, 3.63) is 67.2 Å². The summed E-state index contributed by atoms with van der Waals surface area (Å²) >= 11 is 11.1. The summed E-state index contributed by atoms with van der Waals surface area (Å²) in [5, 5.41) is 27.4. The number of non-ortho nitro benzene ring substituents is 1. The molecule has 2 aromatic carbocycles. The molecule has 1 fully saturated rings. The normalized spacial score (nSPS) is 13.0. The van der Waals surface area contributed by atoms with E-state index in [0.29, 0.717) is 5.69 Å². The standard InChI is InChI=1S/C18H16ClN5O5S/c19-13-5-4-12(23(26)27)10-14(13)20-18(30)21-17(25)11-3-6-15(16(9-11)24(28)29)22-7-1-2-8-22/h3-6,9-10H,1-2,7-8H2,(H2,20,21,25,30). The van der Waals surface area contributed by atoms with Crippen LogP contribution in [-0.4, -0.2) is 34.0 Å². The minimum absolute atomic E-state index is 0.0546. The second-order valence-corrected chi connectivity index (χ2v) is 7.30. The quantitative estimate of drug-likeness (QED) is 0.399. The zero-order chi connectivity index (χ0) is 21.8. The number of nitro groups is 2. The number of nitro benzene ring substituents is 2. The molecule has 2 aromatic rings. The Morgan fingerprint density at radius 3 is 2.40 bits per heavy atom. The van der Waals surface area contributed by atoms with Gasteiger partial charge in [-0.3, -0.25) is 30.3 Å². The van der Waals surface area contributed by atoms with Crippen molar-refractivity contribution in [3.8, 4) is 0 Å². The van der Waals surface area contributed by atoms with E-state index in [4.69, 9.17) is 23.8 Å². The van der Waals surface area contributed by atoms with Gasteiger partial charge >= 0.3 is 0 Å². The van der Waals surface area contributed by atoms with Gasteiger partial charge in [-0.1, -0.05) is 11.6 Å². The van der Waals surface area contributed by atoms with Crippen molar-refractivity contribution in [1.82, 2.24) is 5.32 Å². The predicted molar refractivity (Wildman–Crippen MR) is 116 cm³/mol. The Kier molecular flexibility index (Phi) is 6.43. The lowest BCUT2D eigenvalue weighted by molar-refractivity contribution is -0.384. The van der Waals surface area contributed by atoms with E-state index >= 15 is 0 Å². The second-order valence-electron chi connectivity index (χ2n) is 6.48. The number of thiocarbonyl (C=S) groups is 1. The van der Waals surface area contributed by atoms with Crippen molar-refractivity contribution in [1.29, 1.82) is 0 Å². The van der Waals surface area contributed by atoms with Crippen LogP contribution in [0.3, 0.4) is 0 Å². The predicted octanol–water partition coefficient (Wildman–Crippen LogP) is 3.88. The van der Waals surface area contributed by atoms with E-state index in [1.165, 1.54) is 30.3 Å². The lowest BCUT2D eigenvalue weighted by atomic mass is 10.1. The Balaban J connectivity index is 1.75. The van der Waals surface area contributed by atoms with Gasteiger partial charge in [0, 0.05) is 36.9 Å². The fourth-order valence-corrected chi connectivity index (χ4v) is 3.46. The van der Waals surface area contributed by atoms with Gasteiger partial charge in [0.05, 0.1) is 20.6 Å². The van der Waals surface area contributed by atoms with Crippen molar-refractivity contribution in [3.63, 3.8) is 0 Å². The van der Waals surface area contributed by atoms with E-state index in [-0.39, 0.29) is 32.8 Å². The maximum absolute atomic E-state index is 12.5. The molecule has 156 valence electrons. The summed E-state index contributed by atoms with van der Waals surface area (Å²) in [5.41, 5.74) is 0.304. The molecule has 0 bridgehead atoms. The Bertz CT molecular complexity index is 1040. The van der Waals surface area contributed by atoms with Gasteiger partial charge in [0.1, 0.15) is 5.69 Å². The van der Waals surface area contributed by atoms with Crippen LogP contribution in [0.15, 0.2) is 36.4 Å². The molecule has 0 unspecified atom stereocenters. The SMILES string of the molecule is O=C(NC(=S)Nc1cc([N+](=O)[O-])ccc1Cl)c1ccc(N2CCCC2)c([N+](=O)[O-])c1. The fourth-order valence-electron chi connectivity index (χ4n) is 3.09. The average molecular weight is 450 g/mol. The van der Waals surface area contributed by atoms with Gasteiger partial charge in [0.2, 0.25) is 0 Å². The molecule has 1 aliphatic rings. The summed E-state index contributed by atoms with van der Waals surface area (Å²) in [6, 6.07) is 7.97. The van der Waals surface area contributed by atoms with Crippen molar-refractivity contribution in [2.75, 3.05) is 23.3 Å². The van der Waals surface area contributed by atoms with E-state index in [2.05, 4.69) is 10.6 Å². The van der Waals surface area contributed by atoms with Crippen molar-refractivity contribution in [2.45, 2.75) is 12.8 Å². The molecule has 0 aliphatic carbocycles. The third-order valence-electron chi connectivity index (χ3n) is 4.52.